The maximum Gasteiger partial charge on any atom is 0.176 e. The number of aromatic nitrogens is 2. The highest BCUT2D eigenvalue weighted by atomic mass is 14.9. The van der Waals surface area contributed by atoms with Crippen molar-refractivity contribution in [2.75, 3.05) is 6.54 Å². The van der Waals surface area contributed by atoms with Crippen molar-refractivity contribution in [3.05, 3.63) is 35.6 Å². The van der Waals surface area contributed by atoms with Crippen LogP contribution in [0.4, 0.5) is 0 Å². The fourth-order valence-electron chi connectivity index (χ4n) is 0.848. The highest BCUT2D eigenvalue weighted by Gasteiger charge is 1.89. The average molecular weight is 146 g/mol. The van der Waals surface area contributed by atoms with Crippen molar-refractivity contribution in [3.8, 4) is 0 Å². The summed E-state index contributed by atoms with van der Waals surface area (Å²) >= 11 is 0. The van der Waals surface area contributed by atoms with Crippen molar-refractivity contribution >= 4 is 0 Å². The molecule has 0 bridgehead atoms. The third-order valence-electron chi connectivity index (χ3n) is 1.34. The highest BCUT2D eigenvalue weighted by Crippen LogP contribution is 1.76. The number of hydrogen-bond acceptors (Lipinski definition) is 4. The van der Waals surface area contributed by atoms with Crippen LogP contribution in [0.25, 0.3) is 0 Å². The molecule has 54 valence electrons. The maximum absolute atomic E-state index is 4.16. The first-order valence-corrected chi connectivity index (χ1v) is 3.30. The maximum atomic E-state index is 4.16. The van der Waals surface area contributed by atoms with Crippen molar-refractivity contribution in [1.82, 2.24) is 9.97 Å². The second-order valence-corrected chi connectivity index (χ2v) is 2.09. The van der Waals surface area contributed by atoms with Crippen molar-refractivity contribution in [3.63, 3.8) is 0 Å². The van der Waals surface area contributed by atoms with E-state index in [1.54, 1.807) is 12.4 Å². The first kappa shape index (κ1) is 6.15. The van der Waals surface area contributed by atoms with Crippen molar-refractivity contribution in [2.24, 2.45) is 9.98 Å². The van der Waals surface area contributed by atoms with E-state index in [1.165, 1.54) is 6.33 Å². The number of fused-ring (bicyclic) bond motifs is 1. The van der Waals surface area contributed by atoms with Gasteiger partial charge in [0.2, 0.25) is 0 Å². The lowest BCUT2D eigenvalue weighted by molar-refractivity contribution is 0.983. The van der Waals surface area contributed by atoms with Crippen LogP contribution < -0.4 is 10.8 Å². The van der Waals surface area contributed by atoms with E-state index in [0.717, 1.165) is 5.36 Å². The molecule has 0 amide bonds. The Kier molecular flexibility index (Phi) is 1.44. The summed E-state index contributed by atoms with van der Waals surface area (Å²) < 4.78 is 0. The molecule has 0 radical (unpaired) electrons. The van der Waals surface area contributed by atoms with Gasteiger partial charge >= 0.3 is 0 Å². The molecule has 4 nitrogen and oxygen atoms in total. The van der Waals surface area contributed by atoms with Gasteiger partial charge < -0.3 is 0 Å². The van der Waals surface area contributed by atoms with E-state index in [2.05, 4.69) is 20.0 Å². The number of hydrogen-bond donors (Lipinski definition) is 0. The Morgan fingerprint density at radius 1 is 1.36 bits per heavy atom. The summed E-state index contributed by atoms with van der Waals surface area (Å²) in [5, 5.41) is 0.737. The molecule has 0 saturated heterocycles. The van der Waals surface area contributed by atoms with E-state index < -0.39 is 0 Å². The molecular formula is C7H6N4. The summed E-state index contributed by atoms with van der Waals surface area (Å²) in [7, 11) is 0. The fourth-order valence-corrected chi connectivity index (χ4v) is 0.848. The van der Waals surface area contributed by atoms with Crippen LogP contribution in [0.15, 0.2) is 34.8 Å². The van der Waals surface area contributed by atoms with Gasteiger partial charge in [0, 0.05) is 6.20 Å². The van der Waals surface area contributed by atoms with E-state index >= 15 is 0 Å². The van der Waals surface area contributed by atoms with Gasteiger partial charge in [0.15, 0.2) is 5.49 Å². The molecule has 0 N–H and O–H groups in total. The SMILES string of the molecule is C1=CN=c2cncnc2=NC1. The van der Waals surface area contributed by atoms with Gasteiger partial charge in [-0.05, 0) is 6.08 Å². The van der Waals surface area contributed by atoms with E-state index in [9.17, 15) is 0 Å². The zero-order valence-electron chi connectivity index (χ0n) is 5.81. The molecule has 0 unspecified atom stereocenters. The molecule has 0 aliphatic carbocycles. The van der Waals surface area contributed by atoms with Gasteiger partial charge in [0.25, 0.3) is 0 Å². The van der Waals surface area contributed by atoms with Gasteiger partial charge in [-0.2, -0.15) is 0 Å². The molecular weight excluding hydrogens is 140 g/mol. The number of nitrogens with zero attached hydrogens (tertiary/aromatic N) is 4. The first-order valence-electron chi connectivity index (χ1n) is 3.30. The predicted molar refractivity (Wildman–Crippen MR) is 38.4 cm³/mol. The van der Waals surface area contributed by atoms with Crippen molar-refractivity contribution in [2.45, 2.75) is 0 Å². The monoisotopic (exact) mass is 146 g/mol. The Morgan fingerprint density at radius 3 is 3.36 bits per heavy atom. The molecule has 11 heavy (non-hydrogen) atoms. The summed E-state index contributed by atoms with van der Waals surface area (Å²) in [6.07, 6.45) is 6.73. The van der Waals surface area contributed by atoms with Crippen molar-refractivity contribution < 1.29 is 0 Å². The topological polar surface area (TPSA) is 50.5 Å². The van der Waals surface area contributed by atoms with E-state index in [0.29, 0.717) is 12.0 Å². The largest absolute Gasteiger partial charge is 0.261 e. The molecule has 0 saturated carbocycles. The van der Waals surface area contributed by atoms with Crippen LogP contribution in [0.3, 0.4) is 0 Å². The molecule has 1 aromatic rings. The molecule has 2 heterocycles. The van der Waals surface area contributed by atoms with E-state index in [4.69, 9.17) is 0 Å². The van der Waals surface area contributed by atoms with E-state index in [1.807, 2.05) is 6.08 Å². The van der Waals surface area contributed by atoms with Crippen LogP contribution >= 0.6 is 0 Å². The standard InChI is InChI=1S/C7H6N4/c1-2-9-6-4-8-5-11-7(6)10-3-1/h1-2,4-5H,3H2. The molecule has 2 rings (SSSR count). The van der Waals surface area contributed by atoms with Gasteiger partial charge in [0.1, 0.15) is 11.7 Å². The minimum absolute atomic E-state index is 0.646. The van der Waals surface area contributed by atoms with Crippen molar-refractivity contribution in [1.29, 1.82) is 0 Å². The second kappa shape index (κ2) is 2.57. The molecule has 4 heteroatoms. The van der Waals surface area contributed by atoms with Gasteiger partial charge in [-0.25, -0.2) is 9.97 Å². The van der Waals surface area contributed by atoms with Gasteiger partial charge in [-0.15, -0.1) is 0 Å². The molecule has 0 fully saturated rings. The zero-order valence-corrected chi connectivity index (χ0v) is 5.81. The van der Waals surface area contributed by atoms with Crippen LogP contribution in [-0.2, 0) is 0 Å². The Morgan fingerprint density at radius 2 is 2.36 bits per heavy atom. The third kappa shape index (κ3) is 1.14. The average Bonchev–Trinajstić information content (AvgIpc) is 2.28. The van der Waals surface area contributed by atoms with Crippen LogP contribution in [0.2, 0.25) is 0 Å². The Balaban J connectivity index is 2.81. The second-order valence-electron chi connectivity index (χ2n) is 2.09. The minimum atomic E-state index is 0.646. The smallest absolute Gasteiger partial charge is 0.176 e. The summed E-state index contributed by atoms with van der Waals surface area (Å²) in [5.74, 6) is 0. The van der Waals surface area contributed by atoms with Crippen LogP contribution in [0.1, 0.15) is 0 Å². The Labute approximate surface area is 63.1 Å². The van der Waals surface area contributed by atoms with Gasteiger partial charge in [-0.1, -0.05) is 0 Å². The summed E-state index contributed by atoms with van der Waals surface area (Å²) in [6.45, 7) is 0.646. The summed E-state index contributed by atoms with van der Waals surface area (Å²) in [4.78, 5) is 16.1. The predicted octanol–water partition coefficient (Wildman–Crippen LogP) is -0.757. The summed E-state index contributed by atoms with van der Waals surface area (Å²) in [5.41, 5.74) is 0.671. The number of rotatable bonds is 0. The normalized spacial score (nSPS) is 14.2. The van der Waals surface area contributed by atoms with Crippen LogP contribution in [0, 0.1) is 0 Å². The van der Waals surface area contributed by atoms with Gasteiger partial charge in [-0.3, -0.25) is 9.98 Å². The third-order valence-corrected chi connectivity index (χ3v) is 1.34. The molecule has 0 aromatic carbocycles. The molecule has 1 aliphatic rings. The lowest BCUT2D eigenvalue weighted by atomic mass is 10.6. The highest BCUT2D eigenvalue weighted by molar-refractivity contribution is 4.91. The Hall–Kier alpha value is -1.58. The first-order chi connectivity index (χ1) is 5.47. The van der Waals surface area contributed by atoms with Crippen LogP contribution in [-0.4, -0.2) is 16.5 Å². The van der Waals surface area contributed by atoms with Crippen LogP contribution in [0.5, 0.6) is 0 Å². The molecule has 1 aliphatic heterocycles. The quantitative estimate of drug-likeness (QED) is 0.483. The zero-order chi connectivity index (χ0) is 7.52. The minimum Gasteiger partial charge on any atom is -0.261 e. The fraction of sp³-hybridized carbons (Fsp3) is 0.143. The Bertz CT molecular complexity index is 393. The summed E-state index contributed by atoms with van der Waals surface area (Å²) in [6, 6.07) is 0. The molecule has 0 atom stereocenters. The lowest BCUT2D eigenvalue weighted by Gasteiger charge is -1.82. The van der Waals surface area contributed by atoms with Gasteiger partial charge in [0.05, 0.1) is 12.7 Å². The molecule has 1 aromatic heterocycles. The van der Waals surface area contributed by atoms with E-state index in [-0.39, 0.29) is 0 Å². The lowest BCUT2D eigenvalue weighted by Crippen LogP contribution is -2.28. The molecule has 0 spiro atoms.